The zero-order valence-electron chi connectivity index (χ0n) is 8.08. The van der Waals surface area contributed by atoms with Gasteiger partial charge in [0.1, 0.15) is 6.10 Å². The van der Waals surface area contributed by atoms with E-state index in [0.29, 0.717) is 6.42 Å². The molecular weight excluding hydrogens is 191 g/mol. The molecule has 0 aliphatic carbocycles. The fourth-order valence-corrected chi connectivity index (χ4v) is 1.40. The van der Waals surface area contributed by atoms with Crippen molar-refractivity contribution in [2.75, 3.05) is 0 Å². The van der Waals surface area contributed by atoms with Gasteiger partial charge in [0.05, 0.1) is 0 Å². The summed E-state index contributed by atoms with van der Waals surface area (Å²) in [5, 5.41) is 0. The van der Waals surface area contributed by atoms with Crippen molar-refractivity contribution in [1.82, 2.24) is 0 Å². The van der Waals surface area contributed by atoms with Gasteiger partial charge in [0.2, 0.25) is 0 Å². The zero-order chi connectivity index (χ0) is 10.3. The average molecular weight is 208 g/mol. The molecule has 0 radical (unpaired) electrons. The van der Waals surface area contributed by atoms with E-state index in [1.54, 1.807) is 0 Å². The third kappa shape index (κ3) is 6.94. The topological polar surface area (TPSA) is 63.6 Å². The Hall–Kier alpha value is -0.180. The number of Topliss-reactive ketones (excluding diaryl/α,β-unsaturated/α-hetero) is 1. The molecule has 78 valence electrons. The molecule has 1 N–H and O–H groups in total. The average Bonchev–Trinajstić information content (AvgIpc) is 2.03. The highest BCUT2D eigenvalue weighted by Gasteiger charge is 2.14. The van der Waals surface area contributed by atoms with Crippen molar-refractivity contribution in [1.29, 1.82) is 0 Å². The molecule has 5 heteroatoms. The van der Waals surface area contributed by atoms with E-state index in [9.17, 15) is 9.36 Å². The van der Waals surface area contributed by atoms with Crippen molar-refractivity contribution in [3.8, 4) is 0 Å². The van der Waals surface area contributed by atoms with Crippen molar-refractivity contribution in [2.45, 2.75) is 45.6 Å². The molecular formula is C8H17O4P. The highest BCUT2D eigenvalue weighted by Crippen LogP contribution is 2.19. The molecule has 0 fully saturated rings. The van der Waals surface area contributed by atoms with Gasteiger partial charge in [0.25, 0.3) is 0 Å². The van der Waals surface area contributed by atoms with Crippen LogP contribution in [0.5, 0.6) is 0 Å². The predicted octanol–water partition coefficient (Wildman–Crippen LogP) is 1.92. The molecule has 0 saturated heterocycles. The summed E-state index contributed by atoms with van der Waals surface area (Å²) in [5.41, 5.74) is 0. The molecule has 0 aliphatic heterocycles. The van der Waals surface area contributed by atoms with Crippen LogP contribution < -0.4 is 0 Å². The molecule has 0 aromatic carbocycles. The standard InChI is InChI=1S/C8H17O4P/c1-3-4-5-6-8(9)7(2)12-13(10)11/h7,13H,3-6H2,1-2H3,(H,10,11). The lowest BCUT2D eigenvalue weighted by molar-refractivity contribution is -0.125. The molecule has 0 amide bonds. The maximum atomic E-state index is 11.2. The van der Waals surface area contributed by atoms with Crippen LogP contribution in [-0.4, -0.2) is 16.8 Å². The number of carbonyl (C=O) groups is 1. The summed E-state index contributed by atoms with van der Waals surface area (Å²) in [6.07, 6.45) is 2.58. The first kappa shape index (κ1) is 12.8. The van der Waals surface area contributed by atoms with Gasteiger partial charge in [0.15, 0.2) is 5.78 Å². The van der Waals surface area contributed by atoms with E-state index >= 15 is 0 Å². The van der Waals surface area contributed by atoms with Crippen LogP contribution >= 0.6 is 8.25 Å². The van der Waals surface area contributed by atoms with Gasteiger partial charge >= 0.3 is 8.25 Å². The predicted molar refractivity (Wildman–Crippen MR) is 50.9 cm³/mol. The van der Waals surface area contributed by atoms with Crippen LogP contribution in [0.3, 0.4) is 0 Å². The summed E-state index contributed by atoms with van der Waals surface area (Å²) >= 11 is 0. The highest BCUT2D eigenvalue weighted by atomic mass is 31.1. The number of rotatable bonds is 7. The first-order valence-electron chi connectivity index (χ1n) is 4.50. The minimum atomic E-state index is -2.98. The van der Waals surface area contributed by atoms with Crippen molar-refractivity contribution in [3.05, 3.63) is 0 Å². The molecule has 0 aliphatic rings. The molecule has 2 unspecified atom stereocenters. The fraction of sp³-hybridized carbons (Fsp3) is 0.875. The van der Waals surface area contributed by atoms with Gasteiger partial charge in [-0.25, -0.2) is 0 Å². The van der Waals surface area contributed by atoms with Crippen molar-refractivity contribution < 1.29 is 18.8 Å². The molecule has 13 heavy (non-hydrogen) atoms. The van der Waals surface area contributed by atoms with Crippen LogP contribution in [0.2, 0.25) is 0 Å². The van der Waals surface area contributed by atoms with Gasteiger partial charge in [-0.15, -0.1) is 0 Å². The third-order valence-electron chi connectivity index (χ3n) is 1.76. The fourth-order valence-electron chi connectivity index (χ4n) is 0.969. The van der Waals surface area contributed by atoms with Crippen LogP contribution in [0.25, 0.3) is 0 Å². The maximum Gasteiger partial charge on any atom is 0.317 e. The lowest BCUT2D eigenvalue weighted by Gasteiger charge is -2.08. The number of hydrogen-bond acceptors (Lipinski definition) is 3. The number of unbranched alkanes of at least 4 members (excludes halogenated alkanes) is 2. The van der Waals surface area contributed by atoms with Crippen molar-refractivity contribution >= 4 is 14.0 Å². The van der Waals surface area contributed by atoms with E-state index in [-0.39, 0.29) is 5.78 Å². The Morgan fingerprint density at radius 2 is 2.15 bits per heavy atom. The van der Waals surface area contributed by atoms with E-state index in [4.69, 9.17) is 4.89 Å². The van der Waals surface area contributed by atoms with Crippen LogP contribution in [0.1, 0.15) is 39.5 Å². The lowest BCUT2D eigenvalue weighted by Crippen LogP contribution is -2.17. The van der Waals surface area contributed by atoms with Crippen LogP contribution in [0.4, 0.5) is 0 Å². The molecule has 0 aromatic heterocycles. The number of carbonyl (C=O) groups excluding carboxylic acids is 1. The number of ketones is 1. The summed E-state index contributed by atoms with van der Waals surface area (Å²) in [6.45, 7) is 3.56. The van der Waals surface area contributed by atoms with Gasteiger partial charge in [0, 0.05) is 6.42 Å². The Bertz CT molecular complexity index is 181. The van der Waals surface area contributed by atoms with E-state index in [0.717, 1.165) is 19.3 Å². The van der Waals surface area contributed by atoms with Gasteiger partial charge < -0.3 is 4.89 Å². The van der Waals surface area contributed by atoms with Gasteiger partial charge in [-0.1, -0.05) is 19.8 Å². The van der Waals surface area contributed by atoms with Crippen LogP contribution in [0.15, 0.2) is 0 Å². The summed E-state index contributed by atoms with van der Waals surface area (Å²) in [6, 6.07) is 0. The Morgan fingerprint density at radius 1 is 1.54 bits per heavy atom. The minimum absolute atomic E-state index is 0.0964. The Kier molecular flexibility index (Phi) is 7.14. The first-order valence-corrected chi connectivity index (χ1v) is 5.76. The van der Waals surface area contributed by atoms with Crippen LogP contribution in [0, 0.1) is 0 Å². The summed E-state index contributed by atoms with van der Waals surface area (Å²) < 4.78 is 14.7. The van der Waals surface area contributed by atoms with E-state index in [2.05, 4.69) is 11.4 Å². The molecule has 2 atom stereocenters. The molecule has 0 rings (SSSR count). The number of hydrogen-bond donors (Lipinski definition) is 1. The second kappa shape index (κ2) is 7.25. The Balaban J connectivity index is 3.63. The highest BCUT2D eigenvalue weighted by molar-refractivity contribution is 7.32. The molecule has 0 spiro atoms. The van der Waals surface area contributed by atoms with E-state index in [1.807, 2.05) is 0 Å². The minimum Gasteiger partial charge on any atom is -0.326 e. The second-order valence-corrected chi connectivity index (χ2v) is 3.72. The first-order chi connectivity index (χ1) is 6.07. The largest absolute Gasteiger partial charge is 0.326 e. The normalized spacial score (nSPS) is 15.3. The van der Waals surface area contributed by atoms with E-state index < -0.39 is 14.4 Å². The zero-order valence-corrected chi connectivity index (χ0v) is 9.08. The monoisotopic (exact) mass is 208 g/mol. The van der Waals surface area contributed by atoms with Crippen molar-refractivity contribution in [3.63, 3.8) is 0 Å². The summed E-state index contributed by atoms with van der Waals surface area (Å²) in [4.78, 5) is 19.6. The van der Waals surface area contributed by atoms with Gasteiger partial charge in [-0.2, -0.15) is 0 Å². The SMILES string of the molecule is CCCCCC(=O)C(C)O[PH](=O)O. The van der Waals surface area contributed by atoms with Crippen LogP contribution in [-0.2, 0) is 13.9 Å². The van der Waals surface area contributed by atoms with E-state index in [1.165, 1.54) is 6.92 Å². The second-order valence-electron chi connectivity index (χ2n) is 2.95. The molecule has 4 nitrogen and oxygen atoms in total. The quantitative estimate of drug-likeness (QED) is 0.512. The Labute approximate surface area is 79.2 Å². The maximum absolute atomic E-state index is 11.2. The third-order valence-corrected chi connectivity index (χ3v) is 2.31. The Morgan fingerprint density at radius 3 is 2.62 bits per heavy atom. The van der Waals surface area contributed by atoms with Gasteiger partial charge in [-0.05, 0) is 13.3 Å². The molecule has 0 aromatic rings. The summed E-state index contributed by atoms with van der Waals surface area (Å²) in [7, 11) is -2.98. The smallest absolute Gasteiger partial charge is 0.317 e. The molecule has 0 bridgehead atoms. The molecule has 0 saturated carbocycles. The lowest BCUT2D eigenvalue weighted by atomic mass is 10.1. The molecule has 0 heterocycles. The van der Waals surface area contributed by atoms with Gasteiger partial charge in [-0.3, -0.25) is 13.9 Å². The summed E-state index contributed by atoms with van der Waals surface area (Å²) in [5.74, 6) is -0.0964. The van der Waals surface area contributed by atoms with Crippen molar-refractivity contribution in [2.24, 2.45) is 0 Å².